The standard InChI is InChI=1S/C6H8N2O2/c1-7-3-5(4-8-2)6(9)10/h3-4H,1H2,2H3,(H,9,10)/b5-3+,8-4?. The van der Waals surface area contributed by atoms with Gasteiger partial charge in [-0.3, -0.25) is 9.98 Å². The van der Waals surface area contributed by atoms with Gasteiger partial charge in [-0.25, -0.2) is 4.79 Å². The van der Waals surface area contributed by atoms with E-state index in [0.717, 1.165) is 6.20 Å². The zero-order chi connectivity index (χ0) is 7.98. The van der Waals surface area contributed by atoms with E-state index in [0.29, 0.717) is 0 Å². The molecule has 0 radical (unpaired) electrons. The molecular weight excluding hydrogens is 132 g/mol. The Morgan fingerprint density at radius 3 is 2.60 bits per heavy atom. The van der Waals surface area contributed by atoms with E-state index >= 15 is 0 Å². The summed E-state index contributed by atoms with van der Waals surface area (Å²) in [6.45, 7) is 3.11. The number of rotatable bonds is 3. The maximum atomic E-state index is 10.2. The van der Waals surface area contributed by atoms with E-state index in [9.17, 15) is 4.79 Å². The van der Waals surface area contributed by atoms with Gasteiger partial charge in [-0.1, -0.05) is 0 Å². The highest BCUT2D eigenvalue weighted by atomic mass is 16.4. The number of aliphatic imine (C=N–C) groups is 2. The maximum Gasteiger partial charge on any atom is 0.338 e. The Kier molecular flexibility index (Phi) is 3.79. The highest BCUT2D eigenvalue weighted by Crippen LogP contribution is 1.89. The van der Waals surface area contributed by atoms with Gasteiger partial charge in [-0.2, -0.15) is 0 Å². The molecule has 0 aromatic heterocycles. The SMILES string of the molecule is C=N/C=C(\C=NC)C(=O)O. The fraction of sp³-hybridized carbons (Fsp3) is 0.167. The predicted molar refractivity (Wildman–Crippen MR) is 39.7 cm³/mol. The fourth-order valence-corrected chi connectivity index (χ4v) is 0.381. The van der Waals surface area contributed by atoms with Gasteiger partial charge in [0, 0.05) is 19.5 Å². The van der Waals surface area contributed by atoms with E-state index in [1.807, 2.05) is 0 Å². The Balaban J connectivity index is 4.41. The molecule has 0 aliphatic rings. The minimum Gasteiger partial charge on any atom is -0.478 e. The summed E-state index contributed by atoms with van der Waals surface area (Å²) in [4.78, 5) is 17.0. The number of hydrogen-bond donors (Lipinski definition) is 1. The second kappa shape index (κ2) is 4.43. The minimum atomic E-state index is -1.06. The second-order valence-corrected chi connectivity index (χ2v) is 1.46. The van der Waals surface area contributed by atoms with Crippen molar-refractivity contribution in [3.63, 3.8) is 0 Å². The third kappa shape index (κ3) is 2.76. The van der Waals surface area contributed by atoms with Crippen LogP contribution in [-0.4, -0.2) is 31.1 Å². The third-order valence-electron chi connectivity index (χ3n) is 0.746. The lowest BCUT2D eigenvalue weighted by Gasteiger charge is -1.87. The molecule has 0 saturated carbocycles. The highest BCUT2D eigenvalue weighted by Gasteiger charge is 2.00. The van der Waals surface area contributed by atoms with E-state index in [2.05, 4.69) is 16.7 Å². The van der Waals surface area contributed by atoms with E-state index < -0.39 is 5.97 Å². The summed E-state index contributed by atoms with van der Waals surface area (Å²) in [6.07, 6.45) is 2.34. The molecule has 1 N–H and O–H groups in total. The van der Waals surface area contributed by atoms with Crippen LogP contribution in [0.15, 0.2) is 21.8 Å². The summed E-state index contributed by atoms with van der Waals surface area (Å²) in [5.74, 6) is -1.06. The summed E-state index contributed by atoms with van der Waals surface area (Å²) in [5, 5.41) is 8.39. The van der Waals surface area contributed by atoms with Crippen molar-refractivity contribution in [3.8, 4) is 0 Å². The molecule has 10 heavy (non-hydrogen) atoms. The lowest BCUT2D eigenvalue weighted by atomic mass is 10.3. The highest BCUT2D eigenvalue weighted by molar-refractivity contribution is 6.08. The van der Waals surface area contributed by atoms with E-state index in [4.69, 9.17) is 5.11 Å². The van der Waals surface area contributed by atoms with Crippen molar-refractivity contribution in [2.24, 2.45) is 9.98 Å². The van der Waals surface area contributed by atoms with Crippen molar-refractivity contribution in [2.45, 2.75) is 0 Å². The van der Waals surface area contributed by atoms with Crippen LogP contribution in [0.25, 0.3) is 0 Å². The van der Waals surface area contributed by atoms with Gasteiger partial charge in [0.25, 0.3) is 0 Å². The van der Waals surface area contributed by atoms with Crippen LogP contribution in [0.3, 0.4) is 0 Å². The normalized spacial score (nSPS) is 11.9. The average molecular weight is 140 g/mol. The summed E-state index contributed by atoms with van der Waals surface area (Å²) in [6, 6.07) is 0. The molecule has 0 bridgehead atoms. The van der Waals surface area contributed by atoms with E-state index in [1.165, 1.54) is 13.3 Å². The zero-order valence-electron chi connectivity index (χ0n) is 5.61. The van der Waals surface area contributed by atoms with E-state index in [1.54, 1.807) is 0 Å². The van der Waals surface area contributed by atoms with Gasteiger partial charge >= 0.3 is 5.97 Å². The number of carboxylic acids is 1. The average Bonchev–Trinajstić information content (AvgIpc) is 1.87. The molecule has 0 amide bonds. The molecule has 4 nitrogen and oxygen atoms in total. The van der Waals surface area contributed by atoms with Crippen LogP contribution in [0.1, 0.15) is 0 Å². The van der Waals surface area contributed by atoms with Gasteiger partial charge in [0.1, 0.15) is 0 Å². The largest absolute Gasteiger partial charge is 0.478 e. The van der Waals surface area contributed by atoms with Crippen molar-refractivity contribution >= 4 is 18.9 Å². The molecule has 0 spiro atoms. The molecule has 0 rings (SSSR count). The third-order valence-corrected chi connectivity index (χ3v) is 0.746. The van der Waals surface area contributed by atoms with Gasteiger partial charge in [0.05, 0.1) is 5.57 Å². The van der Waals surface area contributed by atoms with Crippen molar-refractivity contribution in [1.82, 2.24) is 0 Å². The number of hydrogen-bond acceptors (Lipinski definition) is 3. The zero-order valence-corrected chi connectivity index (χ0v) is 5.61. The van der Waals surface area contributed by atoms with Crippen molar-refractivity contribution < 1.29 is 9.90 Å². The van der Waals surface area contributed by atoms with Crippen LogP contribution in [0.2, 0.25) is 0 Å². The molecule has 0 saturated heterocycles. The van der Waals surface area contributed by atoms with E-state index in [-0.39, 0.29) is 5.57 Å². The van der Waals surface area contributed by atoms with Gasteiger partial charge in [-0.15, -0.1) is 0 Å². The Labute approximate surface area is 58.6 Å². The first-order chi connectivity index (χ1) is 4.72. The molecule has 0 aliphatic heterocycles. The first-order valence-electron chi connectivity index (χ1n) is 2.53. The van der Waals surface area contributed by atoms with Crippen molar-refractivity contribution in [2.75, 3.05) is 7.05 Å². The molecule has 0 aromatic carbocycles. The number of aliphatic carboxylic acids is 1. The molecule has 0 unspecified atom stereocenters. The van der Waals surface area contributed by atoms with Gasteiger partial charge in [0.15, 0.2) is 0 Å². The lowest BCUT2D eigenvalue weighted by Crippen LogP contribution is -2.00. The van der Waals surface area contributed by atoms with Crippen LogP contribution >= 0.6 is 0 Å². The van der Waals surface area contributed by atoms with Gasteiger partial charge in [-0.05, 0) is 6.72 Å². The van der Waals surface area contributed by atoms with Crippen LogP contribution in [0.5, 0.6) is 0 Å². The lowest BCUT2D eigenvalue weighted by molar-refractivity contribution is -0.132. The maximum absolute atomic E-state index is 10.2. The van der Waals surface area contributed by atoms with Gasteiger partial charge in [0.2, 0.25) is 0 Å². The second-order valence-electron chi connectivity index (χ2n) is 1.46. The van der Waals surface area contributed by atoms with Crippen LogP contribution in [0.4, 0.5) is 0 Å². The Hall–Kier alpha value is -1.45. The summed E-state index contributed by atoms with van der Waals surface area (Å²) in [7, 11) is 1.49. The van der Waals surface area contributed by atoms with Crippen molar-refractivity contribution in [3.05, 3.63) is 11.8 Å². The van der Waals surface area contributed by atoms with Crippen LogP contribution in [0, 0.1) is 0 Å². The number of carboxylic acid groups (broad SMARTS) is 1. The number of carbonyl (C=O) groups is 1. The summed E-state index contributed by atoms with van der Waals surface area (Å²) < 4.78 is 0. The Morgan fingerprint density at radius 1 is 1.70 bits per heavy atom. The molecule has 4 heteroatoms. The molecule has 0 fully saturated rings. The minimum absolute atomic E-state index is 0.0255. The van der Waals surface area contributed by atoms with Crippen LogP contribution < -0.4 is 0 Å². The fourth-order valence-electron chi connectivity index (χ4n) is 0.381. The Bertz CT molecular complexity index is 194. The first kappa shape index (κ1) is 8.55. The van der Waals surface area contributed by atoms with Gasteiger partial charge < -0.3 is 5.11 Å². The predicted octanol–water partition coefficient (Wildman–Crippen LogP) is 0.356. The molecule has 54 valence electrons. The van der Waals surface area contributed by atoms with Crippen molar-refractivity contribution in [1.29, 1.82) is 0 Å². The molecule has 0 aromatic rings. The first-order valence-corrected chi connectivity index (χ1v) is 2.53. The quantitative estimate of drug-likeness (QED) is 0.454. The molecular formula is C6H8N2O2. The molecule has 0 heterocycles. The molecule has 0 atom stereocenters. The topological polar surface area (TPSA) is 62.0 Å². The number of nitrogens with zero attached hydrogens (tertiary/aromatic N) is 2. The Morgan fingerprint density at radius 2 is 2.30 bits per heavy atom. The smallest absolute Gasteiger partial charge is 0.338 e. The monoisotopic (exact) mass is 140 g/mol. The summed E-state index contributed by atoms with van der Waals surface area (Å²) in [5.41, 5.74) is 0.0255. The molecule has 0 aliphatic carbocycles. The summed E-state index contributed by atoms with van der Waals surface area (Å²) >= 11 is 0. The van der Waals surface area contributed by atoms with Crippen LogP contribution in [-0.2, 0) is 4.79 Å².